The van der Waals surface area contributed by atoms with Crippen LogP contribution in [0.2, 0.25) is 0 Å². The fourth-order valence-corrected chi connectivity index (χ4v) is 1.56. The Balaban J connectivity index is 1.92. The lowest BCUT2D eigenvalue weighted by Crippen LogP contribution is -2.21. The largest absolute Gasteiger partial charge is 0.397 e. The van der Waals surface area contributed by atoms with Gasteiger partial charge in [0.1, 0.15) is 5.82 Å². The lowest BCUT2D eigenvalue weighted by Gasteiger charge is -2.13. The Kier molecular flexibility index (Phi) is 2.77. The number of hydrogen-bond donors (Lipinski definition) is 3. The van der Waals surface area contributed by atoms with Gasteiger partial charge in [-0.3, -0.25) is 0 Å². The molecule has 1 aromatic carbocycles. The van der Waals surface area contributed by atoms with Crippen LogP contribution in [0.15, 0.2) is 18.2 Å². The standard InChI is InChI=1S/C11H15FN2O/c12-8-3-4-10(9(13)5-8)14-6-11(15)7-1-2-7/h3-5,7,11,14-15H,1-2,6,13H2. The van der Waals surface area contributed by atoms with Crippen molar-refractivity contribution in [2.24, 2.45) is 5.92 Å². The third-order valence-electron chi connectivity index (χ3n) is 2.68. The first kappa shape index (κ1) is 10.2. The van der Waals surface area contributed by atoms with E-state index < -0.39 is 0 Å². The molecule has 0 spiro atoms. The molecule has 0 heterocycles. The second-order valence-corrected chi connectivity index (χ2v) is 4.02. The van der Waals surface area contributed by atoms with Crippen molar-refractivity contribution in [3.05, 3.63) is 24.0 Å². The van der Waals surface area contributed by atoms with E-state index in [0.29, 0.717) is 23.8 Å². The van der Waals surface area contributed by atoms with Gasteiger partial charge in [0.2, 0.25) is 0 Å². The number of halogens is 1. The Labute approximate surface area is 88.1 Å². The van der Waals surface area contributed by atoms with Crippen molar-refractivity contribution in [2.75, 3.05) is 17.6 Å². The van der Waals surface area contributed by atoms with Gasteiger partial charge in [-0.25, -0.2) is 4.39 Å². The lowest BCUT2D eigenvalue weighted by molar-refractivity contribution is 0.164. The van der Waals surface area contributed by atoms with Gasteiger partial charge in [-0.05, 0) is 37.0 Å². The van der Waals surface area contributed by atoms with Crippen LogP contribution >= 0.6 is 0 Å². The van der Waals surface area contributed by atoms with Gasteiger partial charge in [0.25, 0.3) is 0 Å². The maximum atomic E-state index is 12.7. The van der Waals surface area contributed by atoms with Crippen LogP contribution in [-0.4, -0.2) is 17.8 Å². The minimum atomic E-state index is -0.346. The van der Waals surface area contributed by atoms with E-state index in [1.165, 1.54) is 12.1 Å². The summed E-state index contributed by atoms with van der Waals surface area (Å²) in [5, 5.41) is 12.6. The van der Waals surface area contributed by atoms with Crippen LogP contribution in [0.5, 0.6) is 0 Å². The molecule has 0 amide bonds. The van der Waals surface area contributed by atoms with E-state index in [1.54, 1.807) is 6.07 Å². The van der Waals surface area contributed by atoms with E-state index >= 15 is 0 Å². The van der Waals surface area contributed by atoms with Gasteiger partial charge in [0.15, 0.2) is 0 Å². The number of rotatable bonds is 4. The first-order valence-corrected chi connectivity index (χ1v) is 5.14. The summed E-state index contributed by atoms with van der Waals surface area (Å²) in [6, 6.07) is 4.21. The lowest BCUT2D eigenvalue weighted by atomic mass is 10.2. The third-order valence-corrected chi connectivity index (χ3v) is 2.68. The predicted molar refractivity (Wildman–Crippen MR) is 58.0 cm³/mol. The molecule has 0 bridgehead atoms. The SMILES string of the molecule is Nc1cc(F)ccc1NCC(O)C1CC1. The Morgan fingerprint density at radius 3 is 2.87 bits per heavy atom. The first-order chi connectivity index (χ1) is 7.16. The van der Waals surface area contributed by atoms with Crippen molar-refractivity contribution >= 4 is 11.4 Å². The Morgan fingerprint density at radius 1 is 1.53 bits per heavy atom. The van der Waals surface area contributed by atoms with Crippen LogP contribution in [-0.2, 0) is 0 Å². The number of anilines is 2. The first-order valence-electron chi connectivity index (χ1n) is 5.14. The summed E-state index contributed by atoms with van der Waals surface area (Å²) >= 11 is 0. The fourth-order valence-electron chi connectivity index (χ4n) is 1.56. The molecule has 2 rings (SSSR count). The molecule has 4 N–H and O–H groups in total. The van der Waals surface area contributed by atoms with Gasteiger partial charge in [0.05, 0.1) is 17.5 Å². The van der Waals surface area contributed by atoms with Crippen LogP contribution in [0.4, 0.5) is 15.8 Å². The predicted octanol–water partition coefficient (Wildman–Crippen LogP) is 1.59. The molecule has 1 aliphatic carbocycles. The molecular weight excluding hydrogens is 195 g/mol. The number of nitrogens with one attached hydrogen (secondary N) is 1. The maximum absolute atomic E-state index is 12.7. The zero-order chi connectivity index (χ0) is 10.8. The summed E-state index contributed by atoms with van der Waals surface area (Å²) < 4.78 is 12.7. The second kappa shape index (κ2) is 4.06. The van der Waals surface area contributed by atoms with Gasteiger partial charge in [-0.15, -0.1) is 0 Å². The molecule has 1 fully saturated rings. The molecule has 3 nitrogen and oxygen atoms in total. The van der Waals surface area contributed by atoms with E-state index in [2.05, 4.69) is 5.32 Å². The highest BCUT2D eigenvalue weighted by atomic mass is 19.1. The third kappa shape index (κ3) is 2.59. The maximum Gasteiger partial charge on any atom is 0.125 e. The molecular formula is C11H15FN2O. The number of hydrogen-bond acceptors (Lipinski definition) is 3. The molecule has 1 unspecified atom stereocenters. The van der Waals surface area contributed by atoms with Crippen LogP contribution < -0.4 is 11.1 Å². The van der Waals surface area contributed by atoms with Gasteiger partial charge < -0.3 is 16.2 Å². The molecule has 1 aromatic rings. The molecule has 0 aliphatic heterocycles. The van der Waals surface area contributed by atoms with Crippen molar-refractivity contribution in [1.29, 1.82) is 0 Å². The molecule has 1 saturated carbocycles. The molecule has 0 aromatic heterocycles. The van der Waals surface area contributed by atoms with E-state index in [9.17, 15) is 9.50 Å². The summed E-state index contributed by atoms with van der Waals surface area (Å²) in [4.78, 5) is 0. The minimum Gasteiger partial charge on any atom is -0.397 e. The highest BCUT2D eigenvalue weighted by Gasteiger charge is 2.29. The Hall–Kier alpha value is -1.29. The highest BCUT2D eigenvalue weighted by Crippen LogP contribution is 2.32. The molecule has 0 saturated heterocycles. The molecule has 0 radical (unpaired) electrons. The van der Waals surface area contributed by atoms with E-state index in [0.717, 1.165) is 12.8 Å². The van der Waals surface area contributed by atoms with Gasteiger partial charge in [-0.1, -0.05) is 0 Å². The summed E-state index contributed by atoms with van der Waals surface area (Å²) in [7, 11) is 0. The zero-order valence-corrected chi connectivity index (χ0v) is 8.41. The van der Waals surface area contributed by atoms with E-state index in [4.69, 9.17) is 5.73 Å². The number of aliphatic hydroxyl groups excluding tert-OH is 1. The summed E-state index contributed by atoms with van der Waals surface area (Å²) in [5.41, 5.74) is 6.67. The summed E-state index contributed by atoms with van der Waals surface area (Å²) in [6.45, 7) is 0.473. The molecule has 15 heavy (non-hydrogen) atoms. The van der Waals surface area contributed by atoms with Gasteiger partial charge in [-0.2, -0.15) is 0 Å². The summed E-state index contributed by atoms with van der Waals surface area (Å²) in [6.07, 6.45) is 1.87. The molecule has 4 heteroatoms. The second-order valence-electron chi connectivity index (χ2n) is 4.02. The quantitative estimate of drug-likeness (QED) is 0.661. The van der Waals surface area contributed by atoms with Crippen molar-refractivity contribution in [1.82, 2.24) is 0 Å². The fraction of sp³-hybridized carbons (Fsp3) is 0.455. The smallest absolute Gasteiger partial charge is 0.125 e. The van der Waals surface area contributed by atoms with Crippen LogP contribution in [0, 0.1) is 11.7 Å². The molecule has 1 aliphatic rings. The van der Waals surface area contributed by atoms with Crippen molar-refractivity contribution in [3.8, 4) is 0 Å². The van der Waals surface area contributed by atoms with E-state index in [1.807, 2.05) is 0 Å². The van der Waals surface area contributed by atoms with Crippen LogP contribution in [0.3, 0.4) is 0 Å². The van der Waals surface area contributed by atoms with Gasteiger partial charge in [0, 0.05) is 6.54 Å². The van der Waals surface area contributed by atoms with Crippen LogP contribution in [0.1, 0.15) is 12.8 Å². The van der Waals surface area contributed by atoms with Crippen LogP contribution in [0.25, 0.3) is 0 Å². The average Bonchev–Trinajstić information content (AvgIpc) is 2.99. The number of nitrogen functional groups attached to an aromatic ring is 1. The van der Waals surface area contributed by atoms with Gasteiger partial charge >= 0.3 is 0 Å². The molecule has 1 atom stereocenters. The highest BCUT2D eigenvalue weighted by molar-refractivity contribution is 5.65. The monoisotopic (exact) mass is 210 g/mol. The topological polar surface area (TPSA) is 58.3 Å². The normalized spacial score (nSPS) is 17.5. The van der Waals surface area contributed by atoms with Crippen molar-refractivity contribution in [3.63, 3.8) is 0 Å². The van der Waals surface area contributed by atoms with Crippen molar-refractivity contribution < 1.29 is 9.50 Å². The zero-order valence-electron chi connectivity index (χ0n) is 8.41. The molecule has 82 valence electrons. The number of nitrogens with two attached hydrogens (primary N) is 1. The Bertz CT molecular complexity index is 352. The average molecular weight is 210 g/mol. The number of aliphatic hydroxyl groups is 1. The summed E-state index contributed by atoms with van der Waals surface area (Å²) in [5.74, 6) is 0.0833. The minimum absolute atomic E-state index is 0.325. The number of benzene rings is 1. The van der Waals surface area contributed by atoms with Crippen molar-refractivity contribution in [2.45, 2.75) is 18.9 Å². The van der Waals surface area contributed by atoms with E-state index in [-0.39, 0.29) is 11.9 Å². The Morgan fingerprint density at radius 2 is 2.27 bits per heavy atom.